The molecule has 136 valence electrons. The molecule has 2 N–H and O–H groups in total. The molecule has 1 aliphatic heterocycles. The van der Waals surface area contributed by atoms with Crippen LogP contribution in [0.2, 0.25) is 0 Å². The average molecular weight is 360 g/mol. The normalized spacial score (nSPS) is 15.4. The second-order valence-electron chi connectivity index (χ2n) is 6.72. The van der Waals surface area contributed by atoms with Crippen LogP contribution >= 0.6 is 0 Å². The number of rotatable bonds is 4. The molecule has 27 heavy (non-hydrogen) atoms. The van der Waals surface area contributed by atoms with Gasteiger partial charge in [0.25, 0.3) is 5.56 Å². The number of aromatic carboxylic acids is 1. The van der Waals surface area contributed by atoms with Crippen LogP contribution < -0.4 is 10.5 Å². The third-order valence-electron chi connectivity index (χ3n) is 5.06. The van der Waals surface area contributed by atoms with E-state index in [1.807, 2.05) is 31.2 Å². The van der Waals surface area contributed by atoms with Gasteiger partial charge in [-0.05, 0) is 53.3 Å². The number of anilines is 1. The molecule has 0 spiro atoms. The molecule has 0 unspecified atom stereocenters. The topological polar surface area (TPSA) is 73.4 Å². The third-order valence-corrected chi connectivity index (χ3v) is 5.06. The quantitative estimate of drug-likeness (QED) is 0.867. The van der Waals surface area contributed by atoms with Crippen molar-refractivity contribution in [3.05, 3.63) is 87.4 Å². The van der Waals surface area contributed by atoms with Crippen molar-refractivity contribution in [1.82, 2.24) is 4.98 Å². The number of aromatic amines is 1. The van der Waals surface area contributed by atoms with Crippen LogP contribution in [0, 0.1) is 0 Å². The van der Waals surface area contributed by atoms with E-state index >= 15 is 0 Å². The highest BCUT2D eigenvalue weighted by atomic mass is 16.4. The number of aryl methyl sites for hydroxylation is 1. The van der Waals surface area contributed by atoms with Crippen LogP contribution in [-0.4, -0.2) is 22.6 Å². The molecule has 2 aromatic rings. The largest absolute Gasteiger partial charge is 0.477 e. The summed E-state index contributed by atoms with van der Waals surface area (Å²) in [5.74, 6) is -1.21. The molecule has 0 atom stereocenters. The van der Waals surface area contributed by atoms with Gasteiger partial charge in [-0.1, -0.05) is 37.3 Å². The van der Waals surface area contributed by atoms with E-state index in [2.05, 4.69) is 34.3 Å². The lowest BCUT2D eigenvalue weighted by molar-refractivity contribution is 0.0695. The maximum Gasteiger partial charge on any atom is 0.341 e. The predicted octanol–water partition coefficient (Wildman–Crippen LogP) is 3.89. The molecule has 4 rings (SSSR count). The summed E-state index contributed by atoms with van der Waals surface area (Å²) in [5.41, 5.74) is 5.35. The van der Waals surface area contributed by atoms with Gasteiger partial charge in [-0.2, -0.15) is 0 Å². The lowest BCUT2D eigenvalue weighted by Gasteiger charge is -2.16. The number of carboxylic acid groups (broad SMARTS) is 1. The van der Waals surface area contributed by atoms with Gasteiger partial charge in [0.05, 0.1) is 5.69 Å². The van der Waals surface area contributed by atoms with Gasteiger partial charge < -0.3 is 15.0 Å². The summed E-state index contributed by atoms with van der Waals surface area (Å²) in [5, 5.41) is 9.15. The number of nitrogens with one attached hydrogen (secondary N) is 1. The molecule has 0 saturated heterocycles. The fraction of sp³-hybridized carbons (Fsp3) is 0.182. The summed E-state index contributed by atoms with van der Waals surface area (Å²) >= 11 is 0. The van der Waals surface area contributed by atoms with Crippen LogP contribution in [0.1, 0.15) is 29.3 Å². The zero-order valence-corrected chi connectivity index (χ0v) is 15.0. The van der Waals surface area contributed by atoms with Gasteiger partial charge in [0.1, 0.15) is 5.56 Å². The maximum atomic E-state index is 12.1. The smallest absolute Gasteiger partial charge is 0.341 e. The van der Waals surface area contributed by atoms with Crippen molar-refractivity contribution in [2.24, 2.45) is 0 Å². The summed E-state index contributed by atoms with van der Waals surface area (Å²) in [6, 6.07) is 9.46. The number of nitrogens with zero attached hydrogens (tertiary/aromatic N) is 1. The first-order valence-corrected chi connectivity index (χ1v) is 9.00. The number of carbonyl (C=O) groups is 1. The molecule has 5 nitrogen and oxygen atoms in total. The monoisotopic (exact) mass is 360 g/mol. The van der Waals surface area contributed by atoms with Crippen molar-refractivity contribution in [2.75, 3.05) is 11.4 Å². The van der Waals surface area contributed by atoms with E-state index in [0.29, 0.717) is 12.1 Å². The zero-order chi connectivity index (χ0) is 19.0. The Morgan fingerprint density at radius 2 is 2.00 bits per heavy atom. The van der Waals surface area contributed by atoms with Gasteiger partial charge in [0.2, 0.25) is 0 Å². The molecule has 0 amide bonds. The number of benzene rings is 1. The molecule has 1 aromatic carbocycles. The van der Waals surface area contributed by atoms with Crippen molar-refractivity contribution >= 4 is 11.7 Å². The Morgan fingerprint density at radius 1 is 1.22 bits per heavy atom. The first kappa shape index (κ1) is 17.1. The first-order chi connectivity index (χ1) is 13.1. The van der Waals surface area contributed by atoms with Crippen LogP contribution in [0.4, 0.5) is 5.69 Å². The SMILES string of the molecule is CCc1cc(C(=O)O)c(=O)[nH]c1-c1ccc(N2C=C3CC=CC=C3C2)cc1. The summed E-state index contributed by atoms with van der Waals surface area (Å²) in [6.07, 6.45) is 10.2. The van der Waals surface area contributed by atoms with E-state index < -0.39 is 11.5 Å². The Morgan fingerprint density at radius 3 is 2.67 bits per heavy atom. The van der Waals surface area contributed by atoms with Crippen LogP contribution in [0.5, 0.6) is 0 Å². The Balaban J connectivity index is 1.65. The zero-order valence-electron chi connectivity index (χ0n) is 15.0. The van der Waals surface area contributed by atoms with Gasteiger partial charge in [-0.15, -0.1) is 0 Å². The van der Waals surface area contributed by atoms with E-state index in [4.69, 9.17) is 5.11 Å². The number of pyridine rings is 1. The predicted molar refractivity (Wildman–Crippen MR) is 106 cm³/mol. The van der Waals surface area contributed by atoms with Crippen LogP contribution in [0.3, 0.4) is 0 Å². The molecule has 5 heteroatoms. The molecular weight excluding hydrogens is 340 g/mol. The molecule has 0 fully saturated rings. The van der Waals surface area contributed by atoms with Crippen molar-refractivity contribution in [1.29, 1.82) is 0 Å². The second kappa shape index (κ2) is 6.76. The highest BCUT2D eigenvalue weighted by Crippen LogP contribution is 2.32. The summed E-state index contributed by atoms with van der Waals surface area (Å²) in [7, 11) is 0. The number of hydrogen-bond donors (Lipinski definition) is 2. The second-order valence-corrected chi connectivity index (χ2v) is 6.72. The fourth-order valence-electron chi connectivity index (χ4n) is 3.58. The molecular formula is C22H20N2O3. The molecule has 1 aliphatic carbocycles. The number of H-pyrrole nitrogens is 1. The highest BCUT2D eigenvalue weighted by molar-refractivity contribution is 5.88. The van der Waals surface area contributed by atoms with Gasteiger partial charge in [-0.3, -0.25) is 4.79 Å². The van der Waals surface area contributed by atoms with E-state index in [1.54, 1.807) is 0 Å². The van der Waals surface area contributed by atoms with Gasteiger partial charge in [0.15, 0.2) is 0 Å². The summed E-state index contributed by atoms with van der Waals surface area (Å²) < 4.78 is 0. The number of fused-ring (bicyclic) bond motifs is 1. The lowest BCUT2D eigenvalue weighted by atomic mass is 10.0. The van der Waals surface area contributed by atoms with Crippen molar-refractivity contribution in [3.8, 4) is 11.3 Å². The molecule has 0 saturated carbocycles. The minimum absolute atomic E-state index is 0.222. The van der Waals surface area contributed by atoms with Gasteiger partial charge >= 0.3 is 5.97 Å². The third kappa shape index (κ3) is 3.12. The van der Waals surface area contributed by atoms with E-state index in [-0.39, 0.29) is 5.56 Å². The number of allylic oxidation sites excluding steroid dienone is 3. The standard InChI is InChI=1S/C22H20N2O3/c1-2-14-11-19(22(26)27)21(25)23-20(14)15-7-9-18(10-8-15)24-12-16-5-3-4-6-17(16)13-24/h3-5,7-11,13H,2,6,12H2,1H3,(H,23,25)(H,26,27). The number of aromatic nitrogens is 1. The molecule has 0 radical (unpaired) electrons. The van der Waals surface area contributed by atoms with Crippen LogP contribution in [-0.2, 0) is 6.42 Å². The van der Waals surface area contributed by atoms with Gasteiger partial charge in [-0.25, -0.2) is 4.79 Å². The Bertz CT molecular complexity index is 1060. The maximum absolute atomic E-state index is 12.1. The average Bonchev–Trinajstić information content (AvgIpc) is 3.12. The van der Waals surface area contributed by atoms with E-state index in [1.165, 1.54) is 17.2 Å². The van der Waals surface area contributed by atoms with Crippen LogP contribution in [0.25, 0.3) is 11.3 Å². The van der Waals surface area contributed by atoms with Crippen molar-refractivity contribution in [3.63, 3.8) is 0 Å². The van der Waals surface area contributed by atoms with Gasteiger partial charge in [0, 0.05) is 18.4 Å². The minimum atomic E-state index is -1.21. The minimum Gasteiger partial charge on any atom is -0.477 e. The molecule has 2 heterocycles. The number of carboxylic acids is 1. The highest BCUT2D eigenvalue weighted by Gasteiger charge is 2.20. The van der Waals surface area contributed by atoms with Crippen molar-refractivity contribution in [2.45, 2.75) is 19.8 Å². The van der Waals surface area contributed by atoms with E-state index in [9.17, 15) is 9.59 Å². The van der Waals surface area contributed by atoms with E-state index in [0.717, 1.165) is 29.8 Å². The molecule has 0 bridgehead atoms. The van der Waals surface area contributed by atoms with Crippen LogP contribution in [0.15, 0.2) is 70.7 Å². The summed E-state index contributed by atoms with van der Waals surface area (Å²) in [6.45, 7) is 2.81. The summed E-state index contributed by atoms with van der Waals surface area (Å²) in [4.78, 5) is 28.2. The Labute approximate surface area is 157 Å². The first-order valence-electron chi connectivity index (χ1n) is 9.00. The fourth-order valence-corrected chi connectivity index (χ4v) is 3.58. The molecule has 2 aliphatic rings. The Kier molecular flexibility index (Phi) is 4.28. The van der Waals surface area contributed by atoms with Crippen molar-refractivity contribution < 1.29 is 9.90 Å². The molecule has 1 aromatic heterocycles. The Hall–Kier alpha value is -3.34. The number of hydrogen-bond acceptors (Lipinski definition) is 3. The lowest BCUT2D eigenvalue weighted by Crippen LogP contribution is -2.19.